The summed E-state index contributed by atoms with van der Waals surface area (Å²) in [4.78, 5) is 0. The maximum Gasteiger partial charge on any atom is 0.125 e. The molecular weight excluding hydrogens is 191 g/mol. The van der Waals surface area contributed by atoms with Gasteiger partial charge >= 0.3 is 0 Å². The molecule has 0 fully saturated rings. The highest BCUT2D eigenvalue weighted by molar-refractivity contribution is 7.57. The van der Waals surface area contributed by atoms with Gasteiger partial charge < -0.3 is 4.57 Å². The Balaban J connectivity index is 2.49. The van der Waals surface area contributed by atoms with Gasteiger partial charge in [-0.2, -0.15) is 0 Å². The van der Waals surface area contributed by atoms with Crippen molar-refractivity contribution in [3.8, 4) is 0 Å². The minimum atomic E-state index is -1.63. The zero-order chi connectivity index (χ0) is 9.54. The van der Waals surface area contributed by atoms with E-state index in [1.54, 1.807) is 0 Å². The molecular formula is C12H9OP. The lowest BCUT2D eigenvalue weighted by molar-refractivity contribution is 0.598. The van der Waals surface area contributed by atoms with Gasteiger partial charge in [0.2, 0.25) is 0 Å². The van der Waals surface area contributed by atoms with Crippen molar-refractivity contribution in [2.24, 2.45) is 0 Å². The maximum atomic E-state index is 11.6. The number of hydrogen-bond donors (Lipinski definition) is 0. The first kappa shape index (κ1) is 8.02. The Bertz CT molecular complexity index is 570. The van der Waals surface area contributed by atoms with Gasteiger partial charge in [0.05, 0.1) is 0 Å². The molecule has 3 rings (SSSR count). The molecule has 1 heterocycles. The van der Waals surface area contributed by atoms with Crippen molar-refractivity contribution in [3.05, 3.63) is 47.8 Å². The topological polar surface area (TPSA) is 17.1 Å². The van der Waals surface area contributed by atoms with Crippen molar-refractivity contribution in [2.75, 3.05) is 0 Å². The highest BCUT2D eigenvalue weighted by Crippen LogP contribution is 2.35. The first-order valence-corrected chi connectivity index (χ1v) is 6.09. The molecule has 2 heteroatoms. The quantitative estimate of drug-likeness (QED) is 0.597. The average Bonchev–Trinajstić information content (AvgIpc) is 2.61. The summed E-state index contributed by atoms with van der Waals surface area (Å²) in [5.41, 5.74) is 1.15. The van der Waals surface area contributed by atoms with E-state index in [1.165, 1.54) is 10.8 Å². The summed E-state index contributed by atoms with van der Waals surface area (Å²) in [5, 5.41) is 3.43. The molecule has 0 N–H and O–H groups in total. The summed E-state index contributed by atoms with van der Waals surface area (Å²) in [6.45, 7) is 0. The molecule has 1 atom stereocenters. The second kappa shape index (κ2) is 2.83. The molecule has 0 spiro atoms. The molecule has 14 heavy (non-hydrogen) atoms. The average molecular weight is 200 g/mol. The van der Waals surface area contributed by atoms with E-state index in [9.17, 15) is 4.57 Å². The molecule has 1 nitrogen and oxygen atoms in total. The van der Waals surface area contributed by atoms with Gasteiger partial charge in [-0.05, 0) is 22.2 Å². The molecule has 1 aliphatic heterocycles. The normalized spacial score (nSPS) is 18.7. The van der Waals surface area contributed by atoms with E-state index in [1.807, 2.05) is 36.2 Å². The fourth-order valence-electron chi connectivity index (χ4n) is 1.94. The molecule has 1 aliphatic rings. The third-order valence-corrected chi connectivity index (χ3v) is 4.07. The van der Waals surface area contributed by atoms with Crippen LogP contribution in [0.4, 0.5) is 0 Å². The number of rotatable bonds is 0. The first-order valence-electron chi connectivity index (χ1n) is 4.60. The number of fused-ring (bicyclic) bond motifs is 3. The molecule has 0 bridgehead atoms. The summed E-state index contributed by atoms with van der Waals surface area (Å²) < 4.78 is 11.6. The summed E-state index contributed by atoms with van der Waals surface area (Å²) in [7, 11) is -1.63. The Kier molecular flexibility index (Phi) is 1.62. The molecule has 2 aromatic carbocycles. The smallest absolute Gasteiger partial charge is 0.125 e. The van der Waals surface area contributed by atoms with Crippen LogP contribution in [0.1, 0.15) is 5.56 Å². The second-order valence-electron chi connectivity index (χ2n) is 3.45. The van der Waals surface area contributed by atoms with Crippen molar-refractivity contribution in [3.63, 3.8) is 0 Å². The van der Waals surface area contributed by atoms with E-state index in [4.69, 9.17) is 0 Å². The number of hydrogen-bond acceptors (Lipinski definition) is 1. The van der Waals surface area contributed by atoms with Crippen molar-refractivity contribution in [1.82, 2.24) is 0 Å². The van der Waals surface area contributed by atoms with E-state index in [2.05, 4.69) is 12.1 Å². The Morgan fingerprint density at radius 3 is 2.79 bits per heavy atom. The molecule has 1 unspecified atom stereocenters. The van der Waals surface area contributed by atoms with Crippen LogP contribution in [0, 0.1) is 0 Å². The van der Waals surface area contributed by atoms with Crippen LogP contribution in [-0.2, 0) is 4.57 Å². The standard InChI is InChI=1S/C12H9OP/c13-14-8-7-11-10-4-2-1-3-9(10)5-6-12(11)14/h1-8,14H. The molecule has 2 aromatic rings. The molecule has 0 amide bonds. The van der Waals surface area contributed by atoms with E-state index in [0.29, 0.717) is 0 Å². The fourth-order valence-corrected chi connectivity index (χ4v) is 3.17. The van der Waals surface area contributed by atoms with Crippen LogP contribution in [0.25, 0.3) is 16.8 Å². The Labute approximate surface area is 82.9 Å². The van der Waals surface area contributed by atoms with Gasteiger partial charge in [-0.25, -0.2) is 0 Å². The maximum absolute atomic E-state index is 11.6. The van der Waals surface area contributed by atoms with Crippen molar-refractivity contribution < 1.29 is 4.57 Å². The van der Waals surface area contributed by atoms with Gasteiger partial charge in [0, 0.05) is 5.30 Å². The van der Waals surface area contributed by atoms with Crippen LogP contribution in [0.2, 0.25) is 0 Å². The highest BCUT2D eigenvalue weighted by Gasteiger charge is 2.13. The SMILES string of the molecule is O=[PH]1C=Cc2c1ccc1ccccc21. The first-order chi connectivity index (χ1) is 6.86. The molecule has 68 valence electrons. The fraction of sp³-hybridized carbons (Fsp3) is 0. The van der Waals surface area contributed by atoms with Crippen molar-refractivity contribution in [1.29, 1.82) is 0 Å². The van der Waals surface area contributed by atoms with Crippen LogP contribution in [-0.4, -0.2) is 0 Å². The summed E-state index contributed by atoms with van der Waals surface area (Å²) in [6, 6.07) is 12.2. The third kappa shape index (κ3) is 0.995. The lowest BCUT2D eigenvalue weighted by Gasteiger charge is -2.03. The molecule has 0 saturated heterocycles. The molecule has 0 radical (unpaired) electrons. The van der Waals surface area contributed by atoms with E-state index in [0.717, 1.165) is 10.9 Å². The Morgan fingerprint density at radius 1 is 1.00 bits per heavy atom. The van der Waals surface area contributed by atoms with Gasteiger partial charge in [0.15, 0.2) is 0 Å². The largest absolute Gasteiger partial charge is 0.318 e. The monoisotopic (exact) mass is 200 g/mol. The number of benzene rings is 2. The van der Waals surface area contributed by atoms with Crippen LogP contribution in [0.5, 0.6) is 0 Å². The van der Waals surface area contributed by atoms with E-state index < -0.39 is 7.80 Å². The molecule has 0 aromatic heterocycles. The van der Waals surface area contributed by atoms with Crippen LogP contribution in [0.3, 0.4) is 0 Å². The van der Waals surface area contributed by atoms with E-state index >= 15 is 0 Å². The predicted octanol–water partition coefficient (Wildman–Crippen LogP) is 3.01. The van der Waals surface area contributed by atoms with E-state index in [-0.39, 0.29) is 0 Å². The predicted molar refractivity (Wildman–Crippen MR) is 61.6 cm³/mol. The zero-order valence-corrected chi connectivity index (χ0v) is 8.53. The molecule has 0 aliphatic carbocycles. The lowest BCUT2D eigenvalue weighted by atomic mass is 10.1. The summed E-state index contributed by atoms with van der Waals surface area (Å²) in [5.74, 6) is 1.82. The van der Waals surface area contributed by atoms with Gasteiger partial charge in [-0.15, -0.1) is 0 Å². The third-order valence-electron chi connectivity index (χ3n) is 2.64. The van der Waals surface area contributed by atoms with Gasteiger partial charge in [0.1, 0.15) is 7.80 Å². The molecule has 0 saturated carbocycles. The Hall–Kier alpha value is -1.33. The summed E-state index contributed by atoms with van der Waals surface area (Å²) >= 11 is 0. The van der Waals surface area contributed by atoms with Crippen LogP contribution >= 0.6 is 7.80 Å². The van der Waals surface area contributed by atoms with Crippen molar-refractivity contribution in [2.45, 2.75) is 0 Å². The second-order valence-corrected chi connectivity index (χ2v) is 5.05. The zero-order valence-electron chi connectivity index (χ0n) is 7.53. The lowest BCUT2D eigenvalue weighted by Crippen LogP contribution is -1.97. The van der Waals surface area contributed by atoms with Gasteiger partial charge in [-0.1, -0.05) is 42.5 Å². The Morgan fingerprint density at radius 2 is 1.86 bits per heavy atom. The summed E-state index contributed by atoms with van der Waals surface area (Å²) in [6.07, 6.45) is 1.99. The van der Waals surface area contributed by atoms with Gasteiger partial charge in [-0.3, -0.25) is 0 Å². The minimum Gasteiger partial charge on any atom is -0.318 e. The van der Waals surface area contributed by atoms with Crippen LogP contribution < -0.4 is 5.30 Å². The van der Waals surface area contributed by atoms with Gasteiger partial charge in [0.25, 0.3) is 0 Å². The highest BCUT2D eigenvalue weighted by atomic mass is 31.1. The van der Waals surface area contributed by atoms with Crippen LogP contribution in [0.15, 0.2) is 42.2 Å². The van der Waals surface area contributed by atoms with Crippen molar-refractivity contribution >= 4 is 30.0 Å². The minimum absolute atomic E-state index is 1.01.